The molecule has 1 N–H and O–H groups in total. The van der Waals surface area contributed by atoms with Crippen molar-refractivity contribution in [1.82, 2.24) is 9.78 Å². The summed E-state index contributed by atoms with van der Waals surface area (Å²) < 4.78 is 1.73. The normalized spacial score (nSPS) is 10.7. The number of nitrogens with zero attached hydrogens (tertiary/aromatic N) is 2. The molecule has 1 heterocycles. The van der Waals surface area contributed by atoms with E-state index in [4.69, 9.17) is 6.92 Å². The Balaban J connectivity index is 1.91. The Morgan fingerprint density at radius 2 is 1.75 bits per heavy atom. The molecule has 3 rings (SSSR count). The first-order chi connectivity index (χ1) is 11.4. The lowest BCUT2D eigenvalue weighted by molar-refractivity contribution is 0.102. The number of benzene rings is 2. The Kier molecular flexibility index (Phi) is 4.21. The average Bonchev–Trinajstić information content (AvgIpc) is 2.91. The van der Waals surface area contributed by atoms with Crippen LogP contribution in [0.1, 0.15) is 32.7 Å². The van der Waals surface area contributed by atoms with E-state index in [1.165, 1.54) is 5.56 Å². The van der Waals surface area contributed by atoms with E-state index in [0.29, 0.717) is 16.9 Å². The molecule has 0 bridgehead atoms. The molecule has 0 saturated carbocycles. The molecule has 1 aromatic heterocycles. The van der Waals surface area contributed by atoms with Crippen molar-refractivity contribution in [1.29, 1.82) is 0 Å². The molecular formula is C20H19N3O. The SMILES string of the molecule is [CH]c1cc(C(=O)Nc2cc(C)nn2-c2ccc(C)cc2)ccc1C. The highest BCUT2D eigenvalue weighted by molar-refractivity contribution is 6.04. The predicted molar refractivity (Wildman–Crippen MR) is 95.6 cm³/mol. The maximum absolute atomic E-state index is 12.5. The molecule has 0 aliphatic rings. The molecule has 24 heavy (non-hydrogen) atoms. The fourth-order valence-electron chi connectivity index (χ4n) is 2.44. The van der Waals surface area contributed by atoms with E-state index in [0.717, 1.165) is 16.9 Å². The Bertz CT molecular complexity index is 892. The number of anilines is 1. The molecule has 0 unspecified atom stereocenters. The first-order valence-electron chi connectivity index (χ1n) is 7.75. The zero-order chi connectivity index (χ0) is 17.3. The van der Waals surface area contributed by atoms with Crippen LogP contribution in [0.2, 0.25) is 0 Å². The molecule has 0 aliphatic heterocycles. The minimum Gasteiger partial charge on any atom is -0.306 e. The van der Waals surface area contributed by atoms with E-state index >= 15 is 0 Å². The molecule has 2 aromatic carbocycles. The number of carbonyl (C=O) groups is 1. The summed E-state index contributed by atoms with van der Waals surface area (Å²) in [7, 11) is 0. The number of amides is 1. The van der Waals surface area contributed by atoms with E-state index in [1.807, 2.05) is 57.2 Å². The van der Waals surface area contributed by atoms with E-state index in [-0.39, 0.29) is 5.91 Å². The van der Waals surface area contributed by atoms with Crippen molar-refractivity contribution in [2.45, 2.75) is 20.8 Å². The van der Waals surface area contributed by atoms with E-state index in [9.17, 15) is 4.79 Å². The second-order valence-corrected chi connectivity index (χ2v) is 5.94. The van der Waals surface area contributed by atoms with Crippen molar-refractivity contribution in [3.8, 4) is 5.69 Å². The lowest BCUT2D eigenvalue weighted by Crippen LogP contribution is -2.15. The van der Waals surface area contributed by atoms with Crippen LogP contribution in [0.15, 0.2) is 48.5 Å². The number of carbonyl (C=O) groups excluding carboxylic acids is 1. The number of rotatable bonds is 3. The smallest absolute Gasteiger partial charge is 0.256 e. The van der Waals surface area contributed by atoms with Crippen LogP contribution >= 0.6 is 0 Å². The highest BCUT2D eigenvalue weighted by Crippen LogP contribution is 2.19. The van der Waals surface area contributed by atoms with Crippen LogP contribution < -0.4 is 5.32 Å². The van der Waals surface area contributed by atoms with Gasteiger partial charge in [0.2, 0.25) is 0 Å². The molecule has 4 heteroatoms. The van der Waals surface area contributed by atoms with Crippen LogP contribution in [0.5, 0.6) is 0 Å². The van der Waals surface area contributed by atoms with Crippen molar-refractivity contribution in [2.24, 2.45) is 0 Å². The molecule has 3 aromatic rings. The van der Waals surface area contributed by atoms with Gasteiger partial charge in [0, 0.05) is 11.6 Å². The molecule has 0 atom stereocenters. The van der Waals surface area contributed by atoms with Gasteiger partial charge in [0.1, 0.15) is 5.82 Å². The maximum atomic E-state index is 12.5. The minimum atomic E-state index is -0.213. The molecule has 0 fully saturated rings. The van der Waals surface area contributed by atoms with Crippen molar-refractivity contribution in [3.05, 3.63) is 83.4 Å². The third-order valence-electron chi connectivity index (χ3n) is 3.89. The summed E-state index contributed by atoms with van der Waals surface area (Å²) in [4.78, 5) is 12.5. The Morgan fingerprint density at radius 3 is 2.42 bits per heavy atom. The largest absolute Gasteiger partial charge is 0.306 e. The number of hydrogen-bond donors (Lipinski definition) is 1. The molecule has 0 saturated heterocycles. The van der Waals surface area contributed by atoms with Crippen LogP contribution in [0.25, 0.3) is 5.69 Å². The Labute approximate surface area is 142 Å². The monoisotopic (exact) mass is 317 g/mol. The van der Waals surface area contributed by atoms with Crippen LogP contribution in [0.4, 0.5) is 5.82 Å². The van der Waals surface area contributed by atoms with Gasteiger partial charge in [-0.3, -0.25) is 4.79 Å². The predicted octanol–water partition coefficient (Wildman–Crippen LogP) is 4.11. The molecule has 4 nitrogen and oxygen atoms in total. The minimum absolute atomic E-state index is 0.213. The summed E-state index contributed by atoms with van der Waals surface area (Å²) in [6.45, 7) is 11.7. The summed E-state index contributed by atoms with van der Waals surface area (Å²) in [6, 6.07) is 15.1. The second kappa shape index (κ2) is 6.32. The Morgan fingerprint density at radius 1 is 1.04 bits per heavy atom. The first-order valence-corrected chi connectivity index (χ1v) is 7.75. The van der Waals surface area contributed by atoms with Gasteiger partial charge >= 0.3 is 0 Å². The zero-order valence-corrected chi connectivity index (χ0v) is 14.0. The first kappa shape index (κ1) is 16.0. The summed E-state index contributed by atoms with van der Waals surface area (Å²) in [5, 5.41) is 7.38. The number of nitrogens with one attached hydrogen (secondary N) is 1. The van der Waals surface area contributed by atoms with Gasteiger partial charge in [-0.25, -0.2) is 4.68 Å². The third kappa shape index (κ3) is 3.23. The maximum Gasteiger partial charge on any atom is 0.256 e. The standard InChI is InChI=1S/C20H19N3O/c1-13-5-9-18(10-6-13)23-19(12-16(4)22-23)21-20(24)17-8-7-14(2)15(3)11-17/h3,5-12H,1-2,4H3,(H,21,24). The van der Waals surface area contributed by atoms with Gasteiger partial charge in [0.05, 0.1) is 11.4 Å². The molecule has 0 aliphatic carbocycles. The van der Waals surface area contributed by atoms with E-state index < -0.39 is 0 Å². The van der Waals surface area contributed by atoms with Crippen molar-refractivity contribution in [2.75, 3.05) is 5.32 Å². The molecule has 120 valence electrons. The quantitative estimate of drug-likeness (QED) is 0.790. The summed E-state index contributed by atoms with van der Waals surface area (Å²) >= 11 is 0. The summed E-state index contributed by atoms with van der Waals surface area (Å²) in [5.74, 6) is 0.412. The lowest BCUT2D eigenvalue weighted by atomic mass is 10.1. The highest BCUT2D eigenvalue weighted by Gasteiger charge is 2.13. The molecule has 0 spiro atoms. The number of hydrogen-bond acceptors (Lipinski definition) is 2. The molecule has 2 radical (unpaired) electrons. The molecular weight excluding hydrogens is 298 g/mol. The van der Waals surface area contributed by atoms with Gasteiger partial charge in [-0.15, -0.1) is 0 Å². The van der Waals surface area contributed by atoms with Gasteiger partial charge in [0.15, 0.2) is 0 Å². The van der Waals surface area contributed by atoms with Gasteiger partial charge in [0.25, 0.3) is 5.91 Å². The lowest BCUT2D eigenvalue weighted by Gasteiger charge is -2.10. The fourth-order valence-corrected chi connectivity index (χ4v) is 2.44. The van der Waals surface area contributed by atoms with Gasteiger partial charge < -0.3 is 5.32 Å². The van der Waals surface area contributed by atoms with Crippen molar-refractivity contribution in [3.63, 3.8) is 0 Å². The van der Waals surface area contributed by atoms with Crippen LogP contribution in [0, 0.1) is 27.7 Å². The average molecular weight is 317 g/mol. The van der Waals surface area contributed by atoms with Crippen LogP contribution in [0.3, 0.4) is 0 Å². The second-order valence-electron chi connectivity index (χ2n) is 5.94. The zero-order valence-electron chi connectivity index (χ0n) is 14.0. The van der Waals surface area contributed by atoms with E-state index in [1.54, 1.807) is 16.8 Å². The topological polar surface area (TPSA) is 46.9 Å². The number of aryl methyl sites for hydroxylation is 3. The third-order valence-corrected chi connectivity index (χ3v) is 3.89. The van der Waals surface area contributed by atoms with Gasteiger partial charge in [-0.2, -0.15) is 5.10 Å². The van der Waals surface area contributed by atoms with Crippen molar-refractivity contribution < 1.29 is 4.79 Å². The number of aromatic nitrogens is 2. The Hall–Kier alpha value is -2.88. The van der Waals surface area contributed by atoms with Gasteiger partial charge in [-0.1, -0.05) is 23.8 Å². The fraction of sp³-hybridized carbons (Fsp3) is 0.150. The molecule has 1 amide bonds. The van der Waals surface area contributed by atoms with Crippen LogP contribution in [-0.4, -0.2) is 15.7 Å². The summed E-state index contributed by atoms with van der Waals surface area (Å²) in [5.41, 5.74) is 4.97. The van der Waals surface area contributed by atoms with Crippen molar-refractivity contribution >= 4 is 11.7 Å². The van der Waals surface area contributed by atoms with Gasteiger partial charge in [-0.05, 0) is 63.1 Å². The highest BCUT2D eigenvalue weighted by atomic mass is 16.1. The summed E-state index contributed by atoms with van der Waals surface area (Å²) in [6.07, 6.45) is 0. The van der Waals surface area contributed by atoms with E-state index in [2.05, 4.69) is 10.4 Å². The van der Waals surface area contributed by atoms with Crippen LogP contribution in [-0.2, 0) is 0 Å².